The van der Waals surface area contributed by atoms with E-state index in [2.05, 4.69) is 38.9 Å². The van der Waals surface area contributed by atoms with Gasteiger partial charge in [-0.3, -0.25) is 5.01 Å². The van der Waals surface area contributed by atoms with E-state index in [1.54, 1.807) is 0 Å². The molecule has 0 spiro atoms. The second-order valence-electron chi connectivity index (χ2n) is 3.40. The van der Waals surface area contributed by atoms with Crippen molar-refractivity contribution in [3.63, 3.8) is 0 Å². The lowest BCUT2D eigenvalue weighted by molar-refractivity contribution is 0.776. The highest BCUT2D eigenvalue weighted by Crippen LogP contribution is 2.20. The average molecular weight is 185 g/mol. The van der Waals surface area contributed by atoms with Gasteiger partial charge in [-0.2, -0.15) is 0 Å². The first-order valence-corrected chi connectivity index (χ1v) is 4.80. The molecule has 0 N–H and O–H groups in total. The van der Waals surface area contributed by atoms with Crippen LogP contribution in [0.15, 0.2) is 42.7 Å². The molecule has 0 bridgehead atoms. The number of aromatic nitrogens is 2. The second-order valence-corrected chi connectivity index (χ2v) is 3.40. The molecule has 3 rings (SSSR count). The summed E-state index contributed by atoms with van der Waals surface area (Å²) in [6.45, 7) is 1.02. The lowest BCUT2D eigenvalue weighted by atomic mass is 10.3. The summed E-state index contributed by atoms with van der Waals surface area (Å²) < 4.78 is 2.12. The largest absolute Gasteiger partial charge is 0.280 e. The van der Waals surface area contributed by atoms with Crippen LogP contribution in [0.4, 0.5) is 5.69 Å². The van der Waals surface area contributed by atoms with Crippen molar-refractivity contribution in [1.82, 2.24) is 9.66 Å². The van der Waals surface area contributed by atoms with Gasteiger partial charge in [-0.25, -0.2) is 9.66 Å². The minimum Gasteiger partial charge on any atom is -0.280 e. The van der Waals surface area contributed by atoms with Crippen LogP contribution in [-0.2, 0) is 6.42 Å². The number of nitrogens with zero attached hydrogens (tertiary/aromatic N) is 3. The Morgan fingerprint density at radius 3 is 2.86 bits per heavy atom. The molecule has 0 saturated heterocycles. The van der Waals surface area contributed by atoms with E-state index in [0.29, 0.717) is 0 Å². The van der Waals surface area contributed by atoms with E-state index in [-0.39, 0.29) is 0 Å². The van der Waals surface area contributed by atoms with Crippen LogP contribution in [0.25, 0.3) is 0 Å². The van der Waals surface area contributed by atoms with E-state index in [1.165, 1.54) is 5.69 Å². The number of anilines is 1. The molecular weight excluding hydrogens is 174 g/mol. The molecule has 0 aliphatic carbocycles. The van der Waals surface area contributed by atoms with Gasteiger partial charge in [0.15, 0.2) is 0 Å². The molecule has 2 aromatic rings. The SMILES string of the molecule is c1ccc(N2CCc3nccn32)cc1. The van der Waals surface area contributed by atoms with E-state index in [9.17, 15) is 0 Å². The maximum atomic E-state index is 4.29. The number of rotatable bonds is 1. The number of hydrogen-bond donors (Lipinski definition) is 0. The number of benzene rings is 1. The fraction of sp³-hybridized carbons (Fsp3) is 0.182. The predicted molar refractivity (Wildman–Crippen MR) is 55.1 cm³/mol. The zero-order chi connectivity index (χ0) is 9.38. The number of para-hydroxylation sites is 1. The molecule has 3 nitrogen and oxygen atoms in total. The molecule has 2 heterocycles. The highest BCUT2D eigenvalue weighted by Gasteiger charge is 2.19. The molecule has 3 heteroatoms. The fourth-order valence-electron chi connectivity index (χ4n) is 1.89. The molecule has 0 saturated carbocycles. The summed E-state index contributed by atoms with van der Waals surface area (Å²) in [5.41, 5.74) is 1.23. The zero-order valence-electron chi connectivity index (χ0n) is 7.80. The zero-order valence-corrected chi connectivity index (χ0v) is 7.80. The van der Waals surface area contributed by atoms with Gasteiger partial charge in [0, 0.05) is 25.4 Å². The minimum atomic E-state index is 1.02. The van der Waals surface area contributed by atoms with Crippen molar-refractivity contribution in [2.75, 3.05) is 11.6 Å². The van der Waals surface area contributed by atoms with Crippen LogP contribution in [0.3, 0.4) is 0 Å². The molecule has 1 aliphatic rings. The average Bonchev–Trinajstić information content (AvgIpc) is 2.79. The molecular formula is C11H11N3. The van der Waals surface area contributed by atoms with Crippen LogP contribution in [0.1, 0.15) is 5.82 Å². The monoisotopic (exact) mass is 185 g/mol. The topological polar surface area (TPSA) is 21.1 Å². The molecule has 0 atom stereocenters. The molecule has 0 radical (unpaired) electrons. The van der Waals surface area contributed by atoms with Crippen molar-refractivity contribution >= 4 is 5.69 Å². The predicted octanol–water partition coefficient (Wildman–Crippen LogP) is 1.71. The molecule has 0 fully saturated rings. The summed E-state index contributed by atoms with van der Waals surface area (Å²) in [6.07, 6.45) is 4.89. The van der Waals surface area contributed by atoms with Crippen molar-refractivity contribution in [2.45, 2.75) is 6.42 Å². The third-order valence-electron chi connectivity index (χ3n) is 2.56. The maximum Gasteiger partial charge on any atom is 0.129 e. The Kier molecular flexibility index (Phi) is 1.56. The summed E-state index contributed by atoms with van der Waals surface area (Å²) >= 11 is 0. The highest BCUT2D eigenvalue weighted by molar-refractivity contribution is 5.47. The number of hydrogen-bond acceptors (Lipinski definition) is 2. The molecule has 70 valence electrons. The lowest BCUT2D eigenvalue weighted by Crippen LogP contribution is -2.23. The van der Waals surface area contributed by atoms with Crippen molar-refractivity contribution in [3.8, 4) is 0 Å². The minimum absolute atomic E-state index is 1.02. The maximum absolute atomic E-state index is 4.29. The summed E-state index contributed by atoms with van der Waals surface area (Å²) in [5.74, 6) is 1.15. The van der Waals surface area contributed by atoms with Crippen LogP contribution in [0.5, 0.6) is 0 Å². The Hall–Kier alpha value is -1.77. The van der Waals surface area contributed by atoms with E-state index in [1.807, 2.05) is 18.5 Å². The van der Waals surface area contributed by atoms with Crippen LogP contribution < -0.4 is 5.01 Å². The van der Waals surface area contributed by atoms with Gasteiger partial charge < -0.3 is 0 Å². The fourth-order valence-corrected chi connectivity index (χ4v) is 1.89. The van der Waals surface area contributed by atoms with Crippen LogP contribution in [-0.4, -0.2) is 16.2 Å². The number of fused-ring (bicyclic) bond motifs is 1. The lowest BCUT2D eigenvalue weighted by Gasteiger charge is -2.19. The summed E-state index contributed by atoms with van der Waals surface area (Å²) in [5, 5.41) is 2.24. The summed E-state index contributed by atoms with van der Waals surface area (Å²) in [7, 11) is 0. The van der Waals surface area contributed by atoms with E-state index < -0.39 is 0 Å². The Morgan fingerprint density at radius 2 is 2.00 bits per heavy atom. The first-order valence-electron chi connectivity index (χ1n) is 4.80. The molecule has 0 unspecified atom stereocenters. The van der Waals surface area contributed by atoms with Gasteiger partial charge >= 0.3 is 0 Å². The third-order valence-corrected chi connectivity index (χ3v) is 2.56. The van der Waals surface area contributed by atoms with Crippen molar-refractivity contribution in [2.24, 2.45) is 0 Å². The molecule has 1 aliphatic heterocycles. The van der Waals surface area contributed by atoms with Gasteiger partial charge in [-0.1, -0.05) is 18.2 Å². The van der Waals surface area contributed by atoms with E-state index in [4.69, 9.17) is 0 Å². The normalized spacial score (nSPS) is 14.4. The Labute approximate surface area is 82.6 Å². The van der Waals surface area contributed by atoms with E-state index >= 15 is 0 Å². The molecule has 1 aromatic heterocycles. The van der Waals surface area contributed by atoms with Crippen LogP contribution in [0.2, 0.25) is 0 Å². The van der Waals surface area contributed by atoms with Crippen LogP contribution in [0, 0.1) is 0 Å². The van der Waals surface area contributed by atoms with Gasteiger partial charge in [0.2, 0.25) is 0 Å². The Balaban J connectivity index is 2.03. The van der Waals surface area contributed by atoms with Gasteiger partial charge in [-0.15, -0.1) is 0 Å². The first-order chi connectivity index (χ1) is 6.95. The van der Waals surface area contributed by atoms with E-state index in [0.717, 1.165) is 18.8 Å². The Morgan fingerprint density at radius 1 is 1.14 bits per heavy atom. The van der Waals surface area contributed by atoms with Crippen molar-refractivity contribution < 1.29 is 0 Å². The van der Waals surface area contributed by atoms with Crippen molar-refractivity contribution in [3.05, 3.63) is 48.5 Å². The third kappa shape index (κ3) is 1.02. The van der Waals surface area contributed by atoms with Gasteiger partial charge in [0.05, 0.1) is 5.69 Å². The van der Waals surface area contributed by atoms with Gasteiger partial charge in [0.25, 0.3) is 0 Å². The molecule has 0 amide bonds. The van der Waals surface area contributed by atoms with Crippen molar-refractivity contribution in [1.29, 1.82) is 0 Å². The summed E-state index contributed by atoms with van der Waals surface area (Å²) in [6, 6.07) is 10.4. The standard InChI is InChI=1S/C11H11N3/c1-2-4-10(5-3-1)13-8-6-11-12-7-9-14(11)13/h1-5,7,9H,6,8H2. The summed E-state index contributed by atoms with van der Waals surface area (Å²) in [4.78, 5) is 4.29. The highest BCUT2D eigenvalue weighted by atomic mass is 15.6. The molecule has 1 aromatic carbocycles. The quantitative estimate of drug-likeness (QED) is 0.674. The first kappa shape index (κ1) is 7.62. The molecule has 14 heavy (non-hydrogen) atoms. The Bertz CT molecular complexity index is 433. The van der Waals surface area contributed by atoms with Crippen LogP contribution >= 0.6 is 0 Å². The smallest absolute Gasteiger partial charge is 0.129 e. The second kappa shape index (κ2) is 2.87. The van der Waals surface area contributed by atoms with Gasteiger partial charge in [-0.05, 0) is 12.1 Å². The van der Waals surface area contributed by atoms with Gasteiger partial charge in [0.1, 0.15) is 5.82 Å². The number of imidazole rings is 1.